The first-order valence-corrected chi connectivity index (χ1v) is 6.07. The molecule has 0 aliphatic carbocycles. The molecule has 1 heterocycles. The number of benzene rings is 1. The summed E-state index contributed by atoms with van der Waals surface area (Å²) in [4.78, 5) is 13.9. The fraction of sp³-hybridized carbons (Fsp3) is 0.462. The number of nitrogens with zero attached hydrogens (tertiary/aromatic N) is 1. The Hall–Kier alpha value is -1.43. The predicted octanol–water partition coefficient (Wildman–Crippen LogP) is 1.21. The van der Waals surface area contributed by atoms with Crippen LogP contribution in [0.5, 0.6) is 0 Å². The number of piperidine rings is 1. The Balaban J connectivity index is 0.00000162. The monoisotopic (exact) mass is 250 g/mol. The lowest BCUT2D eigenvalue weighted by atomic mass is 10.1. The SMILES string of the molecule is N.NC1CCN(CC(=O)Nc2ccccc2)CC1. The smallest absolute Gasteiger partial charge is 0.238 e. The molecule has 0 unspecified atom stereocenters. The molecule has 2 rings (SSSR count). The molecule has 1 aliphatic heterocycles. The maximum absolute atomic E-state index is 11.8. The van der Waals surface area contributed by atoms with E-state index in [4.69, 9.17) is 5.73 Å². The molecule has 0 aromatic heterocycles. The molecule has 0 saturated carbocycles. The Labute approximate surface area is 108 Å². The number of amides is 1. The molecule has 1 aliphatic rings. The van der Waals surface area contributed by atoms with Crippen molar-refractivity contribution in [2.45, 2.75) is 18.9 Å². The van der Waals surface area contributed by atoms with Crippen LogP contribution in [-0.2, 0) is 4.79 Å². The number of carbonyl (C=O) groups excluding carboxylic acids is 1. The lowest BCUT2D eigenvalue weighted by molar-refractivity contribution is -0.117. The highest BCUT2D eigenvalue weighted by Gasteiger charge is 2.17. The molecular weight excluding hydrogens is 228 g/mol. The molecule has 6 N–H and O–H groups in total. The number of hydrogen-bond donors (Lipinski definition) is 3. The summed E-state index contributed by atoms with van der Waals surface area (Å²) >= 11 is 0. The summed E-state index contributed by atoms with van der Waals surface area (Å²) in [7, 11) is 0. The van der Waals surface area contributed by atoms with E-state index in [1.807, 2.05) is 30.3 Å². The Bertz CT molecular complexity index is 361. The number of carbonyl (C=O) groups is 1. The van der Waals surface area contributed by atoms with Crippen LogP contribution in [0.25, 0.3) is 0 Å². The van der Waals surface area contributed by atoms with E-state index < -0.39 is 0 Å². The zero-order valence-corrected chi connectivity index (χ0v) is 10.6. The average Bonchev–Trinajstić information content (AvgIpc) is 2.33. The van der Waals surface area contributed by atoms with Crippen LogP contribution in [0.15, 0.2) is 30.3 Å². The van der Waals surface area contributed by atoms with Crippen molar-refractivity contribution in [2.75, 3.05) is 25.0 Å². The standard InChI is InChI=1S/C13H19N3O.H3N/c14-11-6-8-16(9-7-11)10-13(17)15-12-4-2-1-3-5-12;/h1-5,11H,6-10,14H2,(H,15,17);1H3. The minimum Gasteiger partial charge on any atom is -0.344 e. The third kappa shape index (κ3) is 4.44. The van der Waals surface area contributed by atoms with Gasteiger partial charge in [-0.15, -0.1) is 0 Å². The number of anilines is 1. The summed E-state index contributed by atoms with van der Waals surface area (Å²) in [5.41, 5.74) is 6.68. The molecule has 0 spiro atoms. The van der Waals surface area contributed by atoms with Gasteiger partial charge in [-0.1, -0.05) is 18.2 Å². The lowest BCUT2D eigenvalue weighted by Crippen LogP contribution is -2.43. The summed E-state index contributed by atoms with van der Waals surface area (Å²) in [6.07, 6.45) is 1.97. The molecule has 18 heavy (non-hydrogen) atoms. The summed E-state index contributed by atoms with van der Waals surface area (Å²) in [6, 6.07) is 9.85. The summed E-state index contributed by atoms with van der Waals surface area (Å²) in [5.74, 6) is 0.0478. The maximum Gasteiger partial charge on any atom is 0.238 e. The van der Waals surface area contributed by atoms with Crippen molar-refractivity contribution in [1.29, 1.82) is 0 Å². The fourth-order valence-electron chi connectivity index (χ4n) is 2.04. The van der Waals surface area contributed by atoms with E-state index in [1.165, 1.54) is 0 Å². The van der Waals surface area contributed by atoms with Gasteiger partial charge < -0.3 is 17.2 Å². The van der Waals surface area contributed by atoms with Gasteiger partial charge in [0.1, 0.15) is 0 Å². The van der Waals surface area contributed by atoms with Crippen LogP contribution in [0.1, 0.15) is 12.8 Å². The maximum atomic E-state index is 11.8. The van der Waals surface area contributed by atoms with E-state index in [1.54, 1.807) is 0 Å². The molecule has 1 fully saturated rings. The number of nitrogens with two attached hydrogens (primary N) is 1. The summed E-state index contributed by atoms with van der Waals surface area (Å²) < 4.78 is 0. The van der Waals surface area contributed by atoms with Crippen molar-refractivity contribution < 1.29 is 4.79 Å². The van der Waals surface area contributed by atoms with Gasteiger partial charge in [-0.3, -0.25) is 9.69 Å². The van der Waals surface area contributed by atoms with Crippen LogP contribution < -0.4 is 17.2 Å². The minimum atomic E-state index is 0. The van der Waals surface area contributed by atoms with Crippen molar-refractivity contribution in [1.82, 2.24) is 11.1 Å². The number of rotatable bonds is 3. The quantitative estimate of drug-likeness (QED) is 0.751. The molecule has 100 valence electrons. The Kier molecular flexibility index (Phi) is 5.77. The molecule has 0 radical (unpaired) electrons. The van der Waals surface area contributed by atoms with Crippen molar-refractivity contribution >= 4 is 11.6 Å². The topological polar surface area (TPSA) is 93.4 Å². The van der Waals surface area contributed by atoms with Gasteiger partial charge in [0.15, 0.2) is 0 Å². The van der Waals surface area contributed by atoms with E-state index in [2.05, 4.69) is 10.2 Å². The first kappa shape index (κ1) is 14.6. The average molecular weight is 250 g/mol. The molecule has 1 saturated heterocycles. The first-order valence-electron chi connectivity index (χ1n) is 6.07. The second-order valence-electron chi connectivity index (χ2n) is 4.53. The minimum absolute atomic E-state index is 0. The molecule has 5 heteroatoms. The molecule has 0 atom stereocenters. The van der Waals surface area contributed by atoms with Crippen molar-refractivity contribution in [3.63, 3.8) is 0 Å². The summed E-state index contributed by atoms with van der Waals surface area (Å²) in [6.45, 7) is 2.30. The van der Waals surface area contributed by atoms with Gasteiger partial charge in [0.2, 0.25) is 5.91 Å². The molecule has 0 bridgehead atoms. The first-order chi connectivity index (χ1) is 8.24. The van der Waals surface area contributed by atoms with E-state index in [-0.39, 0.29) is 12.1 Å². The Morgan fingerprint density at radius 2 is 1.89 bits per heavy atom. The van der Waals surface area contributed by atoms with Crippen molar-refractivity contribution in [2.24, 2.45) is 5.73 Å². The predicted molar refractivity (Wildman–Crippen MR) is 73.7 cm³/mol. The van der Waals surface area contributed by atoms with Gasteiger partial charge >= 0.3 is 0 Å². The zero-order valence-electron chi connectivity index (χ0n) is 10.6. The number of nitrogens with one attached hydrogen (secondary N) is 1. The van der Waals surface area contributed by atoms with E-state index in [0.717, 1.165) is 31.6 Å². The Morgan fingerprint density at radius 1 is 1.28 bits per heavy atom. The number of para-hydroxylation sites is 1. The van der Waals surface area contributed by atoms with E-state index >= 15 is 0 Å². The molecule has 1 aromatic rings. The van der Waals surface area contributed by atoms with Gasteiger partial charge in [-0.05, 0) is 25.0 Å². The highest BCUT2D eigenvalue weighted by molar-refractivity contribution is 5.92. The van der Waals surface area contributed by atoms with Gasteiger partial charge in [0.05, 0.1) is 6.54 Å². The molecule has 5 nitrogen and oxygen atoms in total. The fourth-order valence-corrected chi connectivity index (χ4v) is 2.04. The summed E-state index contributed by atoms with van der Waals surface area (Å²) in [5, 5.41) is 2.89. The van der Waals surface area contributed by atoms with Crippen LogP contribution >= 0.6 is 0 Å². The second kappa shape index (κ2) is 7.10. The van der Waals surface area contributed by atoms with Gasteiger partial charge in [-0.25, -0.2) is 0 Å². The highest BCUT2D eigenvalue weighted by Crippen LogP contribution is 2.09. The van der Waals surface area contributed by atoms with Gasteiger partial charge in [0, 0.05) is 24.8 Å². The molecule has 1 aromatic carbocycles. The normalized spacial score (nSPS) is 16.9. The third-order valence-corrected chi connectivity index (χ3v) is 3.06. The number of hydrogen-bond acceptors (Lipinski definition) is 4. The largest absolute Gasteiger partial charge is 0.344 e. The molecular formula is C13H22N4O. The molecule has 1 amide bonds. The highest BCUT2D eigenvalue weighted by atomic mass is 16.2. The van der Waals surface area contributed by atoms with E-state index in [9.17, 15) is 4.79 Å². The third-order valence-electron chi connectivity index (χ3n) is 3.06. The van der Waals surface area contributed by atoms with Crippen LogP contribution in [0.3, 0.4) is 0 Å². The second-order valence-corrected chi connectivity index (χ2v) is 4.53. The van der Waals surface area contributed by atoms with Crippen LogP contribution in [-0.4, -0.2) is 36.5 Å². The Morgan fingerprint density at radius 3 is 2.50 bits per heavy atom. The van der Waals surface area contributed by atoms with Crippen molar-refractivity contribution in [3.8, 4) is 0 Å². The van der Waals surface area contributed by atoms with Crippen LogP contribution in [0, 0.1) is 0 Å². The van der Waals surface area contributed by atoms with Crippen molar-refractivity contribution in [3.05, 3.63) is 30.3 Å². The van der Waals surface area contributed by atoms with E-state index in [0.29, 0.717) is 12.6 Å². The van der Waals surface area contributed by atoms with Crippen LogP contribution in [0.4, 0.5) is 5.69 Å². The van der Waals surface area contributed by atoms with Crippen LogP contribution in [0.2, 0.25) is 0 Å². The van der Waals surface area contributed by atoms with Gasteiger partial charge in [0.25, 0.3) is 0 Å². The number of likely N-dealkylation sites (tertiary alicyclic amines) is 1. The lowest BCUT2D eigenvalue weighted by Gasteiger charge is -2.29. The zero-order chi connectivity index (χ0) is 12.1. The van der Waals surface area contributed by atoms with Gasteiger partial charge in [-0.2, -0.15) is 0 Å².